The summed E-state index contributed by atoms with van der Waals surface area (Å²) in [4.78, 5) is 12.8. The average molecular weight is 576 g/mol. The Morgan fingerprint density at radius 1 is 1.20 bits per heavy atom. The van der Waals surface area contributed by atoms with E-state index in [4.69, 9.17) is 4.74 Å². The largest absolute Gasteiger partial charge is 0.495 e. The minimum Gasteiger partial charge on any atom is -0.495 e. The molecule has 0 saturated heterocycles. The van der Waals surface area contributed by atoms with Gasteiger partial charge in [0.25, 0.3) is 6.43 Å². The van der Waals surface area contributed by atoms with Gasteiger partial charge in [-0.15, -0.1) is 5.10 Å². The molecule has 1 N–H and O–H groups in total. The molecule has 0 aliphatic carbocycles. The smallest absolute Gasteiger partial charge is 0.263 e. The van der Waals surface area contributed by atoms with Crippen LogP contribution in [0.15, 0.2) is 72.1 Å². The second kappa shape index (κ2) is 12.8. The summed E-state index contributed by atoms with van der Waals surface area (Å²) in [6.07, 6.45) is 2.43. The Hall–Kier alpha value is -4.10. The fraction of sp³-hybridized carbons (Fsp3) is 0.222. The van der Waals surface area contributed by atoms with Gasteiger partial charge in [-0.25, -0.2) is 26.1 Å². The molecule has 13 heteroatoms. The van der Waals surface area contributed by atoms with E-state index in [-0.39, 0.29) is 23.4 Å². The maximum absolute atomic E-state index is 15.4. The number of methoxy groups -OCH3 is 1. The summed E-state index contributed by atoms with van der Waals surface area (Å²) in [6.45, 7) is 0.535. The van der Waals surface area contributed by atoms with Crippen molar-refractivity contribution in [2.24, 2.45) is 0 Å². The predicted molar refractivity (Wildman–Crippen MR) is 144 cm³/mol. The maximum Gasteiger partial charge on any atom is 0.263 e. The zero-order chi connectivity index (χ0) is 28.8. The van der Waals surface area contributed by atoms with Gasteiger partial charge in [0, 0.05) is 55.6 Å². The van der Waals surface area contributed by atoms with Crippen LogP contribution in [0, 0.1) is 11.6 Å². The first-order valence-corrected chi connectivity index (χ1v) is 13.1. The van der Waals surface area contributed by atoms with Gasteiger partial charge in [-0.2, -0.15) is 5.10 Å². The van der Waals surface area contributed by atoms with Crippen LogP contribution in [0.2, 0.25) is 0 Å². The molecule has 0 radical (unpaired) electrons. The number of carbonyl (C=O) groups excluding carboxylic acids is 1. The number of benzene rings is 2. The van der Waals surface area contributed by atoms with E-state index in [2.05, 4.69) is 14.9 Å². The second-order valence-corrected chi connectivity index (χ2v) is 9.90. The first kappa shape index (κ1) is 28.9. The maximum atomic E-state index is 15.4. The van der Waals surface area contributed by atoms with E-state index in [0.717, 1.165) is 12.1 Å². The first-order valence-electron chi connectivity index (χ1n) is 12.0. The first-order chi connectivity index (χ1) is 19.2. The molecular formula is C27H25F4N5O3S. The number of halogens is 4. The molecule has 0 amide bonds. The molecule has 0 spiro atoms. The predicted octanol–water partition coefficient (Wildman–Crippen LogP) is 5.21. The van der Waals surface area contributed by atoms with Crippen LogP contribution >= 0.6 is 0 Å². The van der Waals surface area contributed by atoms with Crippen molar-refractivity contribution >= 4 is 29.0 Å². The molecule has 210 valence electrons. The number of alkyl halides is 2. The Morgan fingerprint density at radius 3 is 2.67 bits per heavy atom. The number of hydrogen-bond acceptors (Lipinski definition) is 6. The van der Waals surface area contributed by atoms with E-state index in [1.54, 1.807) is 34.5 Å². The third kappa shape index (κ3) is 6.54. The van der Waals surface area contributed by atoms with Crippen LogP contribution in [-0.2, 0) is 16.0 Å². The van der Waals surface area contributed by atoms with Crippen molar-refractivity contribution in [2.75, 3.05) is 36.9 Å². The Balaban J connectivity index is 1.67. The molecule has 1 atom stereocenters. The summed E-state index contributed by atoms with van der Waals surface area (Å²) in [6, 6.07) is 8.48. The van der Waals surface area contributed by atoms with Gasteiger partial charge in [0.2, 0.25) is 0 Å². The van der Waals surface area contributed by atoms with Gasteiger partial charge in [0.15, 0.2) is 17.0 Å². The molecule has 1 aliphatic heterocycles. The number of hydrogen-bond donors (Lipinski definition) is 1. The molecule has 0 bridgehead atoms. The fourth-order valence-corrected chi connectivity index (χ4v) is 5.25. The van der Waals surface area contributed by atoms with E-state index < -0.39 is 34.8 Å². The lowest BCUT2D eigenvalue weighted by atomic mass is 10.00. The molecular weight excluding hydrogens is 550 g/mol. The number of anilines is 2. The SMILES string of the molecule is COc1cc(-c2cc(F)cc(C(F)F)c2)c(F)cc1N(C)C1=C(/C=C\C=O)CN(S(=O)Nc2cccnn2)CC1. The van der Waals surface area contributed by atoms with Crippen LogP contribution in [0.4, 0.5) is 29.1 Å². The molecule has 2 aromatic carbocycles. The minimum absolute atomic E-state index is 0.0551. The number of rotatable bonds is 10. The van der Waals surface area contributed by atoms with Gasteiger partial charge in [0.05, 0.1) is 12.8 Å². The molecule has 3 aromatic rings. The van der Waals surface area contributed by atoms with Gasteiger partial charge >= 0.3 is 0 Å². The lowest BCUT2D eigenvalue weighted by Crippen LogP contribution is -2.39. The third-order valence-corrected chi connectivity index (χ3v) is 7.37. The number of aldehydes is 1. The monoisotopic (exact) mass is 575 g/mol. The quantitative estimate of drug-likeness (QED) is 0.203. The van der Waals surface area contributed by atoms with E-state index >= 15 is 4.39 Å². The number of allylic oxidation sites excluding steroid dienone is 1. The van der Waals surface area contributed by atoms with Crippen LogP contribution in [0.25, 0.3) is 11.1 Å². The van der Waals surface area contributed by atoms with Crippen LogP contribution in [0.5, 0.6) is 5.75 Å². The Bertz CT molecular complexity index is 1470. The number of ether oxygens (including phenoxy) is 1. The van der Waals surface area contributed by atoms with Crippen molar-refractivity contribution in [3.63, 3.8) is 0 Å². The summed E-state index contributed by atoms with van der Waals surface area (Å²) < 4.78 is 78.7. The molecule has 40 heavy (non-hydrogen) atoms. The van der Waals surface area contributed by atoms with Crippen molar-refractivity contribution in [1.82, 2.24) is 14.5 Å². The zero-order valence-corrected chi connectivity index (χ0v) is 22.3. The number of nitrogens with one attached hydrogen (secondary N) is 1. The summed E-state index contributed by atoms with van der Waals surface area (Å²) in [5, 5.41) is 7.62. The van der Waals surface area contributed by atoms with Crippen molar-refractivity contribution in [2.45, 2.75) is 12.8 Å². The van der Waals surface area contributed by atoms with Crippen molar-refractivity contribution in [1.29, 1.82) is 0 Å². The molecule has 1 unspecified atom stereocenters. The summed E-state index contributed by atoms with van der Waals surface area (Å²) in [7, 11) is 3.05. The average Bonchev–Trinajstić information content (AvgIpc) is 2.95. The van der Waals surface area contributed by atoms with Gasteiger partial charge in [-0.3, -0.25) is 9.52 Å². The van der Waals surface area contributed by atoms with Gasteiger partial charge < -0.3 is 9.64 Å². The highest BCUT2D eigenvalue weighted by Crippen LogP contribution is 2.39. The van der Waals surface area contributed by atoms with Gasteiger partial charge in [0.1, 0.15) is 23.7 Å². The van der Waals surface area contributed by atoms with Gasteiger partial charge in [-0.1, -0.05) is 6.08 Å². The molecule has 1 aliphatic rings. The highest BCUT2D eigenvalue weighted by Gasteiger charge is 2.27. The lowest BCUT2D eigenvalue weighted by Gasteiger charge is -2.34. The zero-order valence-electron chi connectivity index (χ0n) is 21.5. The highest BCUT2D eigenvalue weighted by atomic mass is 32.2. The normalized spacial score (nSPS) is 15.0. The van der Waals surface area contributed by atoms with Crippen LogP contribution in [0.3, 0.4) is 0 Å². The van der Waals surface area contributed by atoms with E-state index in [1.165, 1.54) is 31.5 Å². The van der Waals surface area contributed by atoms with Gasteiger partial charge in [-0.05, 0) is 53.6 Å². The lowest BCUT2D eigenvalue weighted by molar-refractivity contribution is -0.104. The molecule has 4 rings (SSSR count). The molecule has 0 fully saturated rings. The number of nitrogens with zero attached hydrogens (tertiary/aromatic N) is 4. The van der Waals surface area contributed by atoms with E-state index in [0.29, 0.717) is 48.1 Å². The van der Waals surface area contributed by atoms with Crippen molar-refractivity contribution in [3.05, 3.63) is 89.3 Å². The number of carbonyl (C=O) groups is 1. The summed E-state index contributed by atoms with van der Waals surface area (Å²) >= 11 is -1.66. The van der Waals surface area contributed by atoms with Crippen molar-refractivity contribution < 1.29 is 31.3 Å². The minimum atomic E-state index is -2.93. The van der Waals surface area contributed by atoms with Crippen LogP contribution in [0.1, 0.15) is 18.4 Å². The Labute approximate surface area is 230 Å². The summed E-state index contributed by atoms with van der Waals surface area (Å²) in [5.74, 6) is -1.15. The Morgan fingerprint density at radius 2 is 2.00 bits per heavy atom. The standard InChI is InChI=1S/C27H25F4N5O3S/c1-35(23-7-9-36(16-17(23)5-4-10-37)40(38)34-26-6-3-8-32-33-26)24-15-22(29)21(14-25(24)39-2)18-11-19(27(30)31)13-20(28)12-18/h3-6,8,10-15,27H,7,9,16H2,1-2H3,(H,33,34)/b5-4-. The van der Waals surface area contributed by atoms with Crippen LogP contribution < -0.4 is 14.4 Å². The Kier molecular flexibility index (Phi) is 9.27. The summed E-state index contributed by atoms with van der Waals surface area (Å²) in [5.41, 5.74) is 0.944. The molecule has 8 nitrogen and oxygen atoms in total. The van der Waals surface area contributed by atoms with E-state index in [9.17, 15) is 22.2 Å². The highest BCUT2D eigenvalue weighted by molar-refractivity contribution is 7.84. The fourth-order valence-electron chi connectivity index (χ4n) is 4.32. The van der Waals surface area contributed by atoms with Crippen molar-refractivity contribution in [3.8, 4) is 16.9 Å². The van der Waals surface area contributed by atoms with E-state index in [1.807, 2.05) is 0 Å². The molecule has 0 saturated carbocycles. The molecule has 2 heterocycles. The molecule has 1 aromatic heterocycles. The second-order valence-electron chi connectivity index (χ2n) is 8.68. The van der Waals surface area contributed by atoms with Crippen LogP contribution in [-0.4, -0.2) is 52.2 Å². The number of aromatic nitrogens is 2. The topological polar surface area (TPSA) is 87.7 Å². The third-order valence-electron chi connectivity index (χ3n) is 6.21.